The molecule has 2 heterocycles. The predicted octanol–water partition coefficient (Wildman–Crippen LogP) is 0.815. The zero-order valence-electron chi connectivity index (χ0n) is 10.7. The Bertz CT molecular complexity index is 549. The molecule has 0 radical (unpaired) electrons. The second-order valence-corrected chi connectivity index (χ2v) is 4.60. The predicted molar refractivity (Wildman–Crippen MR) is 69.1 cm³/mol. The first-order valence-electron chi connectivity index (χ1n) is 6.12. The van der Waals surface area contributed by atoms with Crippen molar-refractivity contribution in [1.29, 1.82) is 5.26 Å². The van der Waals surface area contributed by atoms with E-state index in [4.69, 9.17) is 10.00 Å². The second kappa shape index (κ2) is 5.81. The molecule has 8 nitrogen and oxygen atoms in total. The number of hydrogen-bond donors (Lipinski definition) is 2. The second-order valence-electron chi connectivity index (χ2n) is 4.60. The van der Waals surface area contributed by atoms with Crippen LogP contribution in [0.3, 0.4) is 0 Å². The molecule has 8 heteroatoms. The van der Waals surface area contributed by atoms with E-state index in [0.717, 1.165) is 0 Å². The summed E-state index contributed by atoms with van der Waals surface area (Å²) >= 11 is 0. The van der Waals surface area contributed by atoms with E-state index >= 15 is 0 Å². The normalized spacial score (nSPS) is 17.2. The zero-order chi connectivity index (χ0) is 14.6. The molecule has 0 aromatic carbocycles. The van der Waals surface area contributed by atoms with Gasteiger partial charge in [-0.25, -0.2) is 4.98 Å². The van der Waals surface area contributed by atoms with Crippen LogP contribution in [0, 0.1) is 21.4 Å². The molecule has 0 unspecified atom stereocenters. The van der Waals surface area contributed by atoms with Crippen LogP contribution in [0.2, 0.25) is 0 Å². The van der Waals surface area contributed by atoms with Crippen LogP contribution in [-0.4, -0.2) is 40.4 Å². The maximum absolute atomic E-state index is 11.1. The van der Waals surface area contributed by atoms with Gasteiger partial charge in [0.1, 0.15) is 11.6 Å². The molecule has 1 aliphatic rings. The number of pyridine rings is 1. The minimum Gasteiger partial charge on any atom is -0.394 e. The lowest BCUT2D eigenvalue weighted by atomic mass is 9.91. The highest BCUT2D eigenvalue weighted by molar-refractivity contribution is 5.65. The highest BCUT2D eigenvalue weighted by Crippen LogP contribution is 2.31. The summed E-state index contributed by atoms with van der Waals surface area (Å²) in [5, 5.41) is 32.6. The fourth-order valence-electron chi connectivity index (χ4n) is 2.16. The van der Waals surface area contributed by atoms with Gasteiger partial charge in [-0.1, -0.05) is 0 Å². The van der Waals surface area contributed by atoms with E-state index in [0.29, 0.717) is 26.1 Å². The van der Waals surface area contributed by atoms with Crippen molar-refractivity contribution in [3.63, 3.8) is 0 Å². The van der Waals surface area contributed by atoms with Crippen LogP contribution in [0.25, 0.3) is 0 Å². The molecule has 0 spiro atoms. The number of nitro groups is 1. The molecular formula is C12H14N4O4. The van der Waals surface area contributed by atoms with Crippen molar-refractivity contribution in [2.75, 3.05) is 25.1 Å². The number of aliphatic hydroxyl groups excluding tert-OH is 1. The van der Waals surface area contributed by atoms with Gasteiger partial charge in [-0.3, -0.25) is 10.1 Å². The van der Waals surface area contributed by atoms with Crippen molar-refractivity contribution in [1.82, 2.24) is 4.98 Å². The quantitative estimate of drug-likeness (QED) is 0.617. The van der Waals surface area contributed by atoms with Crippen LogP contribution in [0.1, 0.15) is 18.4 Å². The van der Waals surface area contributed by atoms with Crippen LogP contribution >= 0.6 is 0 Å². The number of anilines is 1. The SMILES string of the molecule is N#Cc1ccnc(NC2(CO)CCOCC2)c1[N+](=O)[O-]. The van der Waals surface area contributed by atoms with E-state index in [9.17, 15) is 15.2 Å². The van der Waals surface area contributed by atoms with Gasteiger partial charge in [0.2, 0.25) is 5.82 Å². The van der Waals surface area contributed by atoms with E-state index < -0.39 is 10.5 Å². The molecule has 0 aliphatic carbocycles. The van der Waals surface area contributed by atoms with Crippen LogP contribution in [0.15, 0.2) is 12.3 Å². The van der Waals surface area contributed by atoms with E-state index in [-0.39, 0.29) is 23.7 Å². The van der Waals surface area contributed by atoms with E-state index in [1.807, 2.05) is 0 Å². The summed E-state index contributed by atoms with van der Waals surface area (Å²) in [6.07, 6.45) is 2.36. The number of hydrogen-bond acceptors (Lipinski definition) is 7. The maximum atomic E-state index is 11.1. The molecule has 0 amide bonds. The monoisotopic (exact) mass is 278 g/mol. The summed E-state index contributed by atoms with van der Waals surface area (Å²) in [5.41, 5.74) is -1.13. The van der Waals surface area contributed by atoms with Gasteiger partial charge < -0.3 is 15.2 Å². The Morgan fingerprint density at radius 2 is 2.30 bits per heavy atom. The first-order valence-corrected chi connectivity index (χ1v) is 6.12. The average molecular weight is 278 g/mol. The van der Waals surface area contributed by atoms with E-state index in [1.54, 1.807) is 6.07 Å². The Kier molecular flexibility index (Phi) is 4.12. The minimum atomic E-state index is -0.704. The summed E-state index contributed by atoms with van der Waals surface area (Å²) in [5.74, 6) is 0.00463. The first-order chi connectivity index (χ1) is 9.62. The van der Waals surface area contributed by atoms with Crippen molar-refractivity contribution in [3.05, 3.63) is 27.9 Å². The Hall–Kier alpha value is -2.24. The molecule has 1 aliphatic heterocycles. The van der Waals surface area contributed by atoms with Gasteiger partial charge in [0.15, 0.2) is 0 Å². The van der Waals surface area contributed by atoms with Crippen molar-refractivity contribution >= 4 is 11.5 Å². The Morgan fingerprint density at radius 3 is 2.85 bits per heavy atom. The highest BCUT2D eigenvalue weighted by Gasteiger charge is 2.35. The van der Waals surface area contributed by atoms with Crippen LogP contribution < -0.4 is 5.32 Å². The van der Waals surface area contributed by atoms with Crippen molar-refractivity contribution < 1.29 is 14.8 Å². The number of nitrogens with one attached hydrogen (secondary N) is 1. The van der Waals surface area contributed by atoms with Crippen molar-refractivity contribution in [2.24, 2.45) is 0 Å². The zero-order valence-corrected chi connectivity index (χ0v) is 10.7. The molecule has 2 rings (SSSR count). The van der Waals surface area contributed by atoms with E-state index in [2.05, 4.69) is 10.3 Å². The molecule has 0 bridgehead atoms. The smallest absolute Gasteiger partial charge is 0.328 e. The molecule has 1 aromatic heterocycles. The standard InChI is InChI=1S/C12H14N4O4/c13-7-9-1-4-14-11(10(9)16(18)19)15-12(8-17)2-5-20-6-3-12/h1,4,17H,2-3,5-6,8H2,(H,14,15). The van der Waals surface area contributed by atoms with Gasteiger partial charge in [-0.05, 0) is 18.9 Å². The topological polar surface area (TPSA) is 121 Å². The first kappa shape index (κ1) is 14.2. The van der Waals surface area contributed by atoms with Crippen LogP contribution in [-0.2, 0) is 4.74 Å². The van der Waals surface area contributed by atoms with Crippen molar-refractivity contribution in [2.45, 2.75) is 18.4 Å². The number of aromatic nitrogens is 1. The van der Waals surface area contributed by atoms with Gasteiger partial charge in [0.25, 0.3) is 0 Å². The number of aliphatic hydroxyl groups is 1. The van der Waals surface area contributed by atoms with Crippen molar-refractivity contribution in [3.8, 4) is 6.07 Å². The van der Waals surface area contributed by atoms with Gasteiger partial charge in [-0.2, -0.15) is 5.26 Å². The number of nitrogens with zero attached hydrogens (tertiary/aromatic N) is 3. The fourth-order valence-corrected chi connectivity index (χ4v) is 2.16. The molecule has 20 heavy (non-hydrogen) atoms. The minimum absolute atomic E-state index is 0.00463. The average Bonchev–Trinajstić information content (AvgIpc) is 2.47. The molecule has 106 valence electrons. The molecule has 0 atom stereocenters. The van der Waals surface area contributed by atoms with Crippen LogP contribution in [0.5, 0.6) is 0 Å². The molecule has 0 saturated carbocycles. The summed E-state index contributed by atoms with van der Waals surface area (Å²) in [4.78, 5) is 14.4. The summed E-state index contributed by atoms with van der Waals surface area (Å²) < 4.78 is 5.23. The summed E-state index contributed by atoms with van der Waals surface area (Å²) in [7, 11) is 0. The molecule has 1 fully saturated rings. The van der Waals surface area contributed by atoms with Gasteiger partial charge >= 0.3 is 5.69 Å². The number of nitriles is 1. The fraction of sp³-hybridized carbons (Fsp3) is 0.500. The highest BCUT2D eigenvalue weighted by atomic mass is 16.6. The lowest BCUT2D eigenvalue weighted by Crippen LogP contribution is -2.47. The largest absolute Gasteiger partial charge is 0.394 e. The Labute approximate surface area is 115 Å². The molecule has 1 saturated heterocycles. The molecular weight excluding hydrogens is 264 g/mol. The van der Waals surface area contributed by atoms with Gasteiger partial charge in [-0.15, -0.1) is 0 Å². The Morgan fingerprint density at radius 1 is 1.60 bits per heavy atom. The van der Waals surface area contributed by atoms with E-state index in [1.165, 1.54) is 12.3 Å². The third kappa shape index (κ3) is 2.68. The third-order valence-corrected chi connectivity index (χ3v) is 3.36. The Balaban J connectivity index is 2.38. The van der Waals surface area contributed by atoms with Crippen LogP contribution in [0.4, 0.5) is 11.5 Å². The molecule has 2 N–H and O–H groups in total. The summed E-state index contributed by atoms with van der Waals surface area (Å²) in [6.45, 7) is 0.727. The number of rotatable bonds is 4. The maximum Gasteiger partial charge on any atom is 0.328 e. The molecule has 1 aromatic rings. The summed E-state index contributed by atoms with van der Waals surface area (Å²) in [6, 6.07) is 3.07. The lowest BCUT2D eigenvalue weighted by molar-refractivity contribution is -0.384. The third-order valence-electron chi connectivity index (χ3n) is 3.36. The lowest BCUT2D eigenvalue weighted by Gasteiger charge is -2.36. The van der Waals surface area contributed by atoms with Gasteiger partial charge in [0.05, 0.1) is 17.1 Å². The van der Waals surface area contributed by atoms with Gasteiger partial charge in [0, 0.05) is 19.4 Å². The number of ether oxygens (including phenoxy) is 1.